The molecule has 31 heavy (non-hydrogen) atoms. The Balaban J connectivity index is 0.000000683. The molecule has 3 nitrogen and oxygen atoms in total. The molecular formula is C28H50O3. The number of hydrogen-bond donors (Lipinski definition) is 1. The van der Waals surface area contributed by atoms with Gasteiger partial charge in [-0.15, -0.1) is 0 Å². The van der Waals surface area contributed by atoms with Gasteiger partial charge in [0, 0.05) is 12.8 Å². The van der Waals surface area contributed by atoms with Crippen molar-refractivity contribution >= 4 is 5.78 Å². The lowest BCUT2D eigenvalue weighted by atomic mass is 10.0. The molecule has 1 aromatic carbocycles. The number of aryl methyl sites for hydroxylation is 1. The van der Waals surface area contributed by atoms with E-state index < -0.39 is 0 Å². The Kier molecular flexibility index (Phi) is 24.1. The van der Waals surface area contributed by atoms with Crippen LogP contribution < -0.4 is 0 Å². The molecule has 0 heterocycles. The molecule has 1 aromatic rings. The minimum absolute atomic E-state index is 0.412. The molecule has 0 aliphatic heterocycles. The van der Waals surface area contributed by atoms with Crippen LogP contribution in [-0.4, -0.2) is 17.6 Å². The Morgan fingerprint density at radius 2 is 1.13 bits per heavy atom. The van der Waals surface area contributed by atoms with Crippen LogP contribution in [0, 0.1) is 0 Å². The van der Waals surface area contributed by atoms with Crippen molar-refractivity contribution in [3.05, 3.63) is 35.9 Å². The molecular weight excluding hydrogens is 384 g/mol. The van der Waals surface area contributed by atoms with E-state index in [1.54, 1.807) is 0 Å². The van der Waals surface area contributed by atoms with Crippen molar-refractivity contribution in [3.8, 4) is 0 Å². The van der Waals surface area contributed by atoms with Gasteiger partial charge in [-0.1, -0.05) is 121 Å². The lowest BCUT2D eigenvalue weighted by Crippen LogP contribution is -1.97. The largest absolute Gasteiger partial charge is 0.300 e. The number of hydrogen-bond acceptors (Lipinski definition) is 3. The van der Waals surface area contributed by atoms with Crippen molar-refractivity contribution < 1.29 is 14.9 Å². The second-order valence-electron chi connectivity index (χ2n) is 8.70. The third-order valence-corrected chi connectivity index (χ3v) is 5.66. The molecule has 0 saturated carbocycles. The van der Waals surface area contributed by atoms with E-state index in [1.807, 2.05) is 18.2 Å². The average molecular weight is 435 g/mol. The highest BCUT2D eigenvalue weighted by molar-refractivity contribution is 5.78. The summed E-state index contributed by atoms with van der Waals surface area (Å²) < 4.78 is 0. The quantitative estimate of drug-likeness (QED) is 0.126. The first-order valence-electron chi connectivity index (χ1n) is 13.1. The molecule has 0 fully saturated rings. The maximum Gasteiger partial charge on any atom is 0.132 e. The van der Waals surface area contributed by atoms with E-state index in [0.29, 0.717) is 12.4 Å². The van der Waals surface area contributed by atoms with Crippen LogP contribution in [0.4, 0.5) is 0 Å². The number of rotatable bonds is 20. The molecule has 0 aromatic heterocycles. The molecule has 0 radical (unpaired) electrons. The Hall–Kier alpha value is -1.19. The van der Waals surface area contributed by atoms with Crippen molar-refractivity contribution in [3.63, 3.8) is 0 Å². The van der Waals surface area contributed by atoms with E-state index in [0.717, 1.165) is 38.5 Å². The summed E-state index contributed by atoms with van der Waals surface area (Å²) in [5, 5.41) is 8.04. The Bertz CT molecular complexity index is 452. The minimum Gasteiger partial charge on any atom is -0.300 e. The van der Waals surface area contributed by atoms with Crippen LogP contribution in [0.1, 0.15) is 129 Å². The van der Waals surface area contributed by atoms with Crippen molar-refractivity contribution in [1.29, 1.82) is 0 Å². The summed E-state index contributed by atoms with van der Waals surface area (Å²) in [6, 6.07) is 10.1. The van der Waals surface area contributed by atoms with Crippen LogP contribution in [0.2, 0.25) is 0 Å². The van der Waals surface area contributed by atoms with Gasteiger partial charge >= 0.3 is 0 Å². The average Bonchev–Trinajstić information content (AvgIpc) is 2.79. The molecule has 0 aliphatic rings. The van der Waals surface area contributed by atoms with Crippen LogP contribution in [0.3, 0.4) is 0 Å². The maximum atomic E-state index is 11.7. The smallest absolute Gasteiger partial charge is 0.132 e. The molecule has 1 rings (SSSR count). The van der Waals surface area contributed by atoms with Crippen LogP contribution in [0.15, 0.2) is 30.3 Å². The Morgan fingerprint density at radius 3 is 1.58 bits per heavy atom. The molecule has 3 heteroatoms. The summed E-state index contributed by atoms with van der Waals surface area (Å²) >= 11 is 0. The standard InChI is InChI=1S/C19H38O.C9H12O2/c1-3-5-7-9-11-13-15-17-19(20)18-16-14-12-10-8-6-4-2;10-11-8-4-7-9-5-2-1-3-6-9/h3-18H2,1-2H3;1-3,5-6,10H,4,7-8H2. The van der Waals surface area contributed by atoms with Gasteiger partial charge in [0.15, 0.2) is 0 Å². The second-order valence-corrected chi connectivity index (χ2v) is 8.70. The molecule has 180 valence electrons. The van der Waals surface area contributed by atoms with E-state index >= 15 is 0 Å². The SMILES string of the molecule is CCCCCCCCCC(=O)CCCCCCCCC.OOCCCc1ccccc1. The fraction of sp³-hybridized carbons (Fsp3) is 0.750. The van der Waals surface area contributed by atoms with Gasteiger partial charge in [-0.25, -0.2) is 4.89 Å². The Labute approximate surface area is 192 Å². The monoisotopic (exact) mass is 434 g/mol. The van der Waals surface area contributed by atoms with E-state index in [-0.39, 0.29) is 0 Å². The van der Waals surface area contributed by atoms with Gasteiger partial charge in [-0.2, -0.15) is 0 Å². The van der Waals surface area contributed by atoms with Crippen LogP contribution >= 0.6 is 0 Å². The molecule has 0 bridgehead atoms. The van der Waals surface area contributed by atoms with Gasteiger partial charge in [0.2, 0.25) is 0 Å². The van der Waals surface area contributed by atoms with Crippen molar-refractivity contribution in [2.24, 2.45) is 0 Å². The number of Topliss-reactive ketones (excluding diaryl/α,β-unsaturated/α-hetero) is 1. The number of benzene rings is 1. The minimum atomic E-state index is 0.412. The predicted molar refractivity (Wildman–Crippen MR) is 134 cm³/mol. The van der Waals surface area contributed by atoms with Crippen molar-refractivity contribution in [2.45, 2.75) is 129 Å². The molecule has 0 unspecified atom stereocenters. The maximum absolute atomic E-state index is 11.7. The van der Waals surface area contributed by atoms with E-state index in [4.69, 9.17) is 5.26 Å². The van der Waals surface area contributed by atoms with Crippen molar-refractivity contribution in [1.82, 2.24) is 0 Å². The highest BCUT2D eigenvalue weighted by Crippen LogP contribution is 2.12. The highest BCUT2D eigenvalue weighted by Gasteiger charge is 2.01. The summed E-state index contributed by atoms with van der Waals surface area (Å²) in [7, 11) is 0. The predicted octanol–water partition coefficient (Wildman–Crippen LogP) is 8.95. The van der Waals surface area contributed by atoms with E-state index in [1.165, 1.54) is 82.6 Å². The molecule has 0 spiro atoms. The number of carbonyl (C=O) groups is 1. The van der Waals surface area contributed by atoms with Gasteiger partial charge in [0.1, 0.15) is 5.78 Å². The summed E-state index contributed by atoms with van der Waals surface area (Å²) in [6.07, 6.45) is 21.8. The van der Waals surface area contributed by atoms with Crippen molar-refractivity contribution in [2.75, 3.05) is 6.61 Å². The fourth-order valence-electron chi connectivity index (χ4n) is 3.67. The number of unbranched alkanes of at least 4 members (excludes halogenated alkanes) is 12. The molecule has 0 amide bonds. The second kappa shape index (κ2) is 25.1. The lowest BCUT2D eigenvalue weighted by Gasteiger charge is -2.03. The fourth-order valence-corrected chi connectivity index (χ4v) is 3.67. The first kappa shape index (κ1) is 29.8. The zero-order chi connectivity index (χ0) is 22.8. The zero-order valence-corrected chi connectivity index (χ0v) is 20.6. The summed E-state index contributed by atoms with van der Waals surface area (Å²) in [5.41, 5.74) is 1.28. The van der Waals surface area contributed by atoms with Gasteiger partial charge in [0.25, 0.3) is 0 Å². The van der Waals surface area contributed by atoms with Gasteiger partial charge in [-0.05, 0) is 31.2 Å². The Morgan fingerprint density at radius 1 is 0.677 bits per heavy atom. The molecule has 0 atom stereocenters. The summed E-state index contributed by atoms with van der Waals surface area (Å²) in [4.78, 5) is 15.7. The zero-order valence-electron chi connectivity index (χ0n) is 20.6. The van der Waals surface area contributed by atoms with Crippen LogP contribution in [0.25, 0.3) is 0 Å². The van der Waals surface area contributed by atoms with Crippen LogP contribution in [-0.2, 0) is 16.1 Å². The normalized spacial score (nSPS) is 10.5. The van der Waals surface area contributed by atoms with E-state index in [2.05, 4.69) is 30.9 Å². The highest BCUT2D eigenvalue weighted by atomic mass is 17.1. The first-order chi connectivity index (χ1) is 15.2. The summed E-state index contributed by atoms with van der Waals surface area (Å²) in [5.74, 6) is 0.507. The molecule has 0 saturated heterocycles. The molecule has 1 N–H and O–H groups in total. The topological polar surface area (TPSA) is 46.5 Å². The van der Waals surface area contributed by atoms with Crippen LogP contribution in [0.5, 0.6) is 0 Å². The van der Waals surface area contributed by atoms with Gasteiger partial charge in [0.05, 0.1) is 6.61 Å². The third kappa shape index (κ3) is 23.3. The van der Waals surface area contributed by atoms with Gasteiger partial charge < -0.3 is 0 Å². The van der Waals surface area contributed by atoms with E-state index in [9.17, 15) is 4.79 Å². The van der Waals surface area contributed by atoms with Gasteiger partial charge in [-0.3, -0.25) is 10.1 Å². The number of ketones is 1. The summed E-state index contributed by atoms with van der Waals surface area (Å²) in [6.45, 7) is 4.92. The number of carbonyl (C=O) groups excluding carboxylic acids is 1. The third-order valence-electron chi connectivity index (χ3n) is 5.66. The first-order valence-corrected chi connectivity index (χ1v) is 13.1. The lowest BCUT2D eigenvalue weighted by molar-refractivity contribution is -0.242. The molecule has 0 aliphatic carbocycles.